The molecular formula is C16H23NO. The molecule has 0 saturated heterocycles. The van der Waals surface area contributed by atoms with Crippen molar-refractivity contribution in [1.29, 1.82) is 0 Å². The number of benzene rings is 1. The molecule has 0 spiro atoms. The molecule has 1 aromatic carbocycles. The smallest absolute Gasteiger partial charge is 0.119 e. The molecule has 0 radical (unpaired) electrons. The maximum Gasteiger partial charge on any atom is 0.119 e. The van der Waals surface area contributed by atoms with Gasteiger partial charge in [-0.2, -0.15) is 0 Å². The first-order valence-corrected chi connectivity index (χ1v) is 6.74. The summed E-state index contributed by atoms with van der Waals surface area (Å²) in [6.45, 7) is 7.14. The van der Waals surface area contributed by atoms with Crippen LogP contribution in [-0.4, -0.2) is 13.2 Å². The van der Waals surface area contributed by atoms with Crippen molar-refractivity contribution in [2.75, 3.05) is 13.2 Å². The van der Waals surface area contributed by atoms with Crippen molar-refractivity contribution < 1.29 is 4.74 Å². The minimum absolute atomic E-state index is 0.215. The number of hydrogen-bond donors (Lipinski definition) is 1. The van der Waals surface area contributed by atoms with E-state index in [0.29, 0.717) is 6.61 Å². The second-order valence-electron chi connectivity index (χ2n) is 5.46. The molecule has 1 aromatic rings. The highest BCUT2D eigenvalue weighted by Gasteiger charge is 2.33. The van der Waals surface area contributed by atoms with E-state index in [9.17, 15) is 0 Å². The van der Waals surface area contributed by atoms with Gasteiger partial charge in [0, 0.05) is 12.0 Å². The Morgan fingerprint density at radius 3 is 2.39 bits per heavy atom. The molecule has 18 heavy (non-hydrogen) atoms. The highest BCUT2D eigenvalue weighted by atomic mass is 16.5. The van der Waals surface area contributed by atoms with Crippen LogP contribution < -0.4 is 10.5 Å². The van der Waals surface area contributed by atoms with Crippen LogP contribution in [0.4, 0.5) is 0 Å². The molecule has 0 heterocycles. The van der Waals surface area contributed by atoms with E-state index >= 15 is 0 Å². The minimum Gasteiger partial charge on any atom is -0.489 e. The van der Waals surface area contributed by atoms with Gasteiger partial charge in [0.05, 0.1) is 0 Å². The predicted molar refractivity (Wildman–Crippen MR) is 76.0 cm³/mol. The van der Waals surface area contributed by atoms with E-state index in [-0.39, 0.29) is 5.41 Å². The first-order chi connectivity index (χ1) is 8.66. The number of hydrogen-bond acceptors (Lipinski definition) is 2. The van der Waals surface area contributed by atoms with Gasteiger partial charge in [-0.1, -0.05) is 31.6 Å². The summed E-state index contributed by atoms with van der Waals surface area (Å²) in [5, 5.41) is 0. The summed E-state index contributed by atoms with van der Waals surface area (Å²) < 4.78 is 5.62. The fourth-order valence-electron chi connectivity index (χ4n) is 2.77. The molecule has 1 aliphatic rings. The average molecular weight is 245 g/mol. The highest BCUT2D eigenvalue weighted by molar-refractivity contribution is 5.33. The average Bonchev–Trinajstić information content (AvgIpc) is 2.87. The summed E-state index contributed by atoms with van der Waals surface area (Å²) in [6, 6.07) is 8.44. The summed E-state index contributed by atoms with van der Waals surface area (Å²) >= 11 is 0. The Balaban J connectivity index is 2.09. The Labute approximate surface area is 110 Å². The molecule has 1 aliphatic carbocycles. The Hall–Kier alpha value is -1.28. The highest BCUT2D eigenvalue weighted by Crippen LogP contribution is 2.40. The van der Waals surface area contributed by atoms with Crippen molar-refractivity contribution in [2.24, 2.45) is 5.73 Å². The molecule has 0 atom stereocenters. The van der Waals surface area contributed by atoms with Crippen LogP contribution in [0.15, 0.2) is 36.4 Å². The molecule has 0 bridgehead atoms. The van der Waals surface area contributed by atoms with Gasteiger partial charge in [-0.15, -0.1) is 0 Å². The normalized spacial score (nSPS) is 17.7. The molecule has 0 amide bonds. The lowest BCUT2D eigenvalue weighted by atomic mass is 9.79. The molecule has 1 fully saturated rings. The Morgan fingerprint density at radius 1 is 1.28 bits per heavy atom. The predicted octanol–water partition coefficient (Wildman–Crippen LogP) is 3.41. The van der Waals surface area contributed by atoms with Crippen LogP contribution >= 0.6 is 0 Å². The van der Waals surface area contributed by atoms with Gasteiger partial charge < -0.3 is 10.5 Å². The molecule has 0 unspecified atom stereocenters. The largest absolute Gasteiger partial charge is 0.489 e. The molecule has 2 rings (SSSR count). The van der Waals surface area contributed by atoms with E-state index in [4.69, 9.17) is 10.5 Å². The van der Waals surface area contributed by atoms with Crippen molar-refractivity contribution in [3.63, 3.8) is 0 Å². The summed E-state index contributed by atoms with van der Waals surface area (Å²) in [5.74, 6) is 0.909. The molecule has 1 saturated carbocycles. The number of nitrogens with two attached hydrogens (primary N) is 1. The van der Waals surface area contributed by atoms with Crippen molar-refractivity contribution in [1.82, 2.24) is 0 Å². The van der Waals surface area contributed by atoms with Crippen LogP contribution in [0.2, 0.25) is 0 Å². The molecule has 0 aromatic heterocycles. The second kappa shape index (κ2) is 5.57. The molecule has 2 heteroatoms. The van der Waals surface area contributed by atoms with E-state index in [1.165, 1.54) is 31.2 Å². The summed E-state index contributed by atoms with van der Waals surface area (Å²) in [6.07, 6.45) is 5.03. The van der Waals surface area contributed by atoms with E-state index in [1.807, 2.05) is 19.1 Å². The van der Waals surface area contributed by atoms with E-state index in [1.54, 1.807) is 0 Å². The summed E-state index contributed by atoms with van der Waals surface area (Å²) in [7, 11) is 0. The molecule has 2 nitrogen and oxygen atoms in total. The van der Waals surface area contributed by atoms with Gasteiger partial charge in [-0.3, -0.25) is 0 Å². The van der Waals surface area contributed by atoms with Crippen molar-refractivity contribution in [3.8, 4) is 5.75 Å². The lowest BCUT2D eigenvalue weighted by molar-refractivity contribution is 0.352. The maximum absolute atomic E-state index is 5.99. The monoisotopic (exact) mass is 245 g/mol. The third-order valence-electron chi connectivity index (χ3n) is 3.90. The van der Waals surface area contributed by atoms with Crippen molar-refractivity contribution in [3.05, 3.63) is 42.0 Å². The van der Waals surface area contributed by atoms with Crippen LogP contribution in [0.5, 0.6) is 5.75 Å². The standard InChI is InChI=1S/C16H23NO/c1-13(2)11-18-15-7-5-14(6-8-15)16(12-17)9-3-4-10-16/h5-8H,1,3-4,9-12,17H2,2H3. The zero-order chi connectivity index (χ0) is 13.0. The molecule has 98 valence electrons. The van der Waals surface area contributed by atoms with Crippen molar-refractivity contribution in [2.45, 2.75) is 38.0 Å². The van der Waals surface area contributed by atoms with Crippen molar-refractivity contribution >= 4 is 0 Å². The Bertz CT molecular complexity index is 402. The first-order valence-electron chi connectivity index (χ1n) is 6.74. The van der Waals surface area contributed by atoms with Crippen LogP contribution in [0.25, 0.3) is 0 Å². The summed E-state index contributed by atoms with van der Waals surface area (Å²) in [4.78, 5) is 0. The minimum atomic E-state index is 0.215. The van der Waals surface area contributed by atoms with Crippen LogP contribution in [-0.2, 0) is 5.41 Å². The molecule has 2 N–H and O–H groups in total. The first kappa shape index (κ1) is 13.2. The Morgan fingerprint density at radius 2 is 1.89 bits per heavy atom. The van der Waals surface area contributed by atoms with Gasteiger partial charge in [0.1, 0.15) is 12.4 Å². The third kappa shape index (κ3) is 2.75. The van der Waals surface area contributed by atoms with Gasteiger partial charge in [0.25, 0.3) is 0 Å². The lowest BCUT2D eigenvalue weighted by Crippen LogP contribution is -2.31. The quantitative estimate of drug-likeness (QED) is 0.807. The van der Waals surface area contributed by atoms with Gasteiger partial charge in [-0.25, -0.2) is 0 Å². The van der Waals surface area contributed by atoms with Gasteiger partial charge >= 0.3 is 0 Å². The third-order valence-corrected chi connectivity index (χ3v) is 3.90. The number of rotatable bonds is 5. The fraction of sp³-hybridized carbons (Fsp3) is 0.500. The van der Waals surface area contributed by atoms with E-state index < -0.39 is 0 Å². The molecule has 0 aliphatic heterocycles. The zero-order valence-corrected chi connectivity index (χ0v) is 11.2. The maximum atomic E-state index is 5.99. The van der Waals surface area contributed by atoms with E-state index in [0.717, 1.165) is 17.9 Å². The number of ether oxygens (including phenoxy) is 1. The fourth-order valence-corrected chi connectivity index (χ4v) is 2.77. The second-order valence-corrected chi connectivity index (χ2v) is 5.46. The zero-order valence-electron chi connectivity index (χ0n) is 11.2. The van der Waals surface area contributed by atoms with E-state index in [2.05, 4.69) is 18.7 Å². The lowest BCUT2D eigenvalue weighted by Gasteiger charge is -2.28. The SMILES string of the molecule is C=C(C)COc1ccc(C2(CN)CCCC2)cc1. The summed E-state index contributed by atoms with van der Waals surface area (Å²) in [5.41, 5.74) is 8.61. The van der Waals surface area contributed by atoms with Crippen LogP contribution in [0.1, 0.15) is 38.2 Å². The topological polar surface area (TPSA) is 35.2 Å². The van der Waals surface area contributed by atoms with Gasteiger partial charge in [0.15, 0.2) is 0 Å². The van der Waals surface area contributed by atoms with Crippen LogP contribution in [0.3, 0.4) is 0 Å². The molecular weight excluding hydrogens is 222 g/mol. The van der Waals surface area contributed by atoms with Gasteiger partial charge in [0.2, 0.25) is 0 Å². The van der Waals surface area contributed by atoms with Crippen LogP contribution in [0, 0.1) is 0 Å². The Kier molecular flexibility index (Phi) is 4.07. The van der Waals surface area contributed by atoms with Gasteiger partial charge in [-0.05, 0) is 43.0 Å².